The Kier molecular flexibility index (Phi) is 14.5. The molecule has 3 saturated heterocycles. The lowest BCUT2D eigenvalue weighted by molar-refractivity contribution is -0.135. The minimum atomic E-state index is -0.662. The molecular weight excluding hydrogens is 739 g/mol. The number of aromatic nitrogens is 4. The molecule has 3 aliphatic heterocycles. The fourth-order valence-corrected chi connectivity index (χ4v) is 8.97. The van der Waals surface area contributed by atoms with Crippen molar-refractivity contribution in [3.63, 3.8) is 0 Å². The number of hydrogen-bond acceptors (Lipinski definition) is 8. The summed E-state index contributed by atoms with van der Waals surface area (Å²) in [6.07, 6.45) is 9.24. The second-order valence-corrected chi connectivity index (χ2v) is 16.7. The number of H-pyrrole nitrogens is 2. The largest absolute Gasteiger partial charge is 0.453 e. The average molecular weight is 794 g/mol. The Morgan fingerprint density at radius 2 is 1.58 bits per heavy atom. The number of amides is 3. The highest BCUT2D eigenvalue weighted by molar-refractivity contribution is 8.00. The van der Waals surface area contributed by atoms with Crippen molar-refractivity contribution in [3.05, 3.63) is 84.2 Å². The number of rotatable bonds is 9. The quantitative estimate of drug-likeness (QED) is 0.150. The number of nitrogens with one attached hydrogen (secondary N) is 3. The number of aromatic amines is 2. The van der Waals surface area contributed by atoms with Gasteiger partial charge in [-0.1, -0.05) is 63.8 Å². The van der Waals surface area contributed by atoms with Crippen LogP contribution in [0.3, 0.4) is 0 Å². The number of benzene rings is 2. The fraction of sp³-hybridized carbons (Fsp3) is 0.477. The summed E-state index contributed by atoms with van der Waals surface area (Å²) in [5, 5.41) is 3.10. The molecule has 3 N–H and O–H groups in total. The van der Waals surface area contributed by atoms with Gasteiger partial charge in [0, 0.05) is 49.6 Å². The Labute approximate surface area is 340 Å². The number of alkyl carbamates (subject to hydrolysis) is 1. The molecule has 0 spiro atoms. The van der Waals surface area contributed by atoms with Crippen LogP contribution in [0.2, 0.25) is 0 Å². The molecule has 0 aliphatic carbocycles. The number of imidazole rings is 2. The van der Waals surface area contributed by atoms with Crippen LogP contribution in [-0.4, -0.2) is 98.2 Å². The smallest absolute Gasteiger partial charge is 0.407 e. The Morgan fingerprint density at radius 1 is 0.912 bits per heavy atom. The number of carbonyl (C=O) groups excluding carboxylic acids is 3. The Bertz CT molecular complexity index is 1980. The summed E-state index contributed by atoms with van der Waals surface area (Å²) in [6, 6.07) is 15.2. The summed E-state index contributed by atoms with van der Waals surface area (Å²) in [5.74, 6) is 9.53. The first-order valence-corrected chi connectivity index (χ1v) is 21.1. The van der Waals surface area contributed by atoms with Gasteiger partial charge < -0.3 is 34.6 Å². The maximum atomic E-state index is 13.4. The van der Waals surface area contributed by atoms with Crippen LogP contribution in [0.25, 0.3) is 22.5 Å². The standard InChI is InChI=1S/C31H32N6O3.C13H23NO2S/c1-20(2)28(36-31(39)40-3)30(38)37-16-4-5-27(37)29-33-18-26(35-29)24-14-10-22(11-15-24)7-6-21-8-12-23(13-9-21)25-17-32-19-34-25;1-10(2)9-12(15)14-5-8-17-13(14)11-3-6-16-7-4-11/h8-15,17-20,27-28H,4-5,16H2,1-3H3,(H,32,34)(H,33,35)(H,36,39);10-11,13H,3-9H2,1-2H3. The van der Waals surface area contributed by atoms with Crippen molar-refractivity contribution in [2.24, 2.45) is 17.8 Å². The minimum absolute atomic E-state index is 0.0806. The van der Waals surface area contributed by atoms with Crippen LogP contribution < -0.4 is 5.32 Å². The number of likely N-dealkylation sites (tertiary alicyclic amines) is 1. The van der Waals surface area contributed by atoms with Gasteiger partial charge in [-0.2, -0.15) is 0 Å². The lowest BCUT2D eigenvalue weighted by atomic mass is 9.98. The predicted molar refractivity (Wildman–Crippen MR) is 223 cm³/mol. The lowest BCUT2D eigenvalue weighted by Gasteiger charge is -2.33. The van der Waals surface area contributed by atoms with Crippen molar-refractivity contribution >= 4 is 29.7 Å². The molecule has 12 nitrogen and oxygen atoms in total. The third kappa shape index (κ3) is 10.9. The first-order valence-electron chi connectivity index (χ1n) is 20.0. The van der Waals surface area contributed by atoms with Crippen LogP contribution in [0.15, 0.2) is 67.3 Å². The molecule has 3 fully saturated rings. The molecule has 3 unspecified atom stereocenters. The molecule has 4 aromatic rings. The third-order valence-corrected chi connectivity index (χ3v) is 12.0. The summed E-state index contributed by atoms with van der Waals surface area (Å²) in [5.41, 5.74) is 5.73. The van der Waals surface area contributed by atoms with Crippen LogP contribution in [0.5, 0.6) is 0 Å². The number of hydrogen-bond donors (Lipinski definition) is 3. The highest BCUT2D eigenvalue weighted by atomic mass is 32.2. The van der Waals surface area contributed by atoms with Gasteiger partial charge in [0.05, 0.1) is 48.6 Å². The summed E-state index contributed by atoms with van der Waals surface area (Å²) in [6.45, 7) is 11.3. The zero-order valence-corrected chi connectivity index (χ0v) is 34.4. The fourth-order valence-electron chi connectivity index (χ4n) is 7.48. The van der Waals surface area contributed by atoms with Gasteiger partial charge in [0.25, 0.3) is 0 Å². The summed E-state index contributed by atoms with van der Waals surface area (Å²) in [4.78, 5) is 56.5. The third-order valence-electron chi connectivity index (χ3n) is 10.6. The summed E-state index contributed by atoms with van der Waals surface area (Å²) < 4.78 is 10.1. The number of nitrogens with zero attached hydrogens (tertiary/aromatic N) is 4. The van der Waals surface area contributed by atoms with E-state index >= 15 is 0 Å². The van der Waals surface area contributed by atoms with Gasteiger partial charge in [-0.25, -0.2) is 14.8 Å². The van der Waals surface area contributed by atoms with E-state index in [2.05, 4.69) is 55.8 Å². The van der Waals surface area contributed by atoms with E-state index in [0.717, 1.165) is 90.7 Å². The molecule has 0 saturated carbocycles. The SMILES string of the molecule is CC(C)CC(=O)N1CCSC1C1CCOCC1.COC(=O)NC(C(=O)N1CCCC1c1ncc(-c2ccc(C#Cc3ccc(-c4cnc[nH]4)cc3)cc2)[nH]1)C(C)C. The van der Waals surface area contributed by atoms with E-state index in [0.29, 0.717) is 36.1 Å². The molecule has 2 aromatic heterocycles. The van der Waals surface area contributed by atoms with E-state index in [9.17, 15) is 14.4 Å². The number of methoxy groups -OCH3 is 1. The van der Waals surface area contributed by atoms with Gasteiger partial charge >= 0.3 is 6.09 Å². The Morgan fingerprint density at radius 3 is 2.18 bits per heavy atom. The first-order chi connectivity index (χ1) is 27.6. The topological polar surface area (TPSA) is 146 Å². The summed E-state index contributed by atoms with van der Waals surface area (Å²) in [7, 11) is 1.29. The van der Waals surface area contributed by atoms with Crippen molar-refractivity contribution in [3.8, 4) is 34.4 Å². The molecule has 0 bridgehead atoms. The molecule has 7 rings (SSSR count). The van der Waals surface area contributed by atoms with Gasteiger partial charge in [0.2, 0.25) is 11.8 Å². The molecule has 5 heterocycles. The maximum absolute atomic E-state index is 13.4. The van der Waals surface area contributed by atoms with Gasteiger partial charge in [-0.3, -0.25) is 9.59 Å². The van der Waals surface area contributed by atoms with E-state index in [-0.39, 0.29) is 17.9 Å². The first kappa shape index (κ1) is 41.6. The van der Waals surface area contributed by atoms with Crippen molar-refractivity contribution in [1.29, 1.82) is 0 Å². The minimum Gasteiger partial charge on any atom is -0.453 e. The number of ether oxygens (including phenoxy) is 2. The van der Waals surface area contributed by atoms with Gasteiger partial charge in [0.15, 0.2) is 0 Å². The highest BCUT2D eigenvalue weighted by Crippen LogP contribution is 2.36. The molecule has 3 aliphatic rings. The van der Waals surface area contributed by atoms with Crippen molar-refractivity contribution < 1.29 is 23.9 Å². The van der Waals surface area contributed by atoms with Crippen molar-refractivity contribution in [2.75, 3.05) is 39.2 Å². The van der Waals surface area contributed by atoms with Crippen LogP contribution in [0.1, 0.15) is 82.8 Å². The van der Waals surface area contributed by atoms with Crippen LogP contribution in [0, 0.1) is 29.6 Å². The van der Waals surface area contributed by atoms with Crippen molar-refractivity contribution in [1.82, 2.24) is 35.1 Å². The second kappa shape index (κ2) is 19.9. The van der Waals surface area contributed by atoms with E-state index in [1.807, 2.05) is 79.0 Å². The molecular formula is C44H55N7O5S. The Balaban J connectivity index is 0.000000269. The number of carbonyl (C=O) groups is 3. The molecule has 3 atom stereocenters. The second-order valence-electron chi connectivity index (χ2n) is 15.5. The molecule has 13 heteroatoms. The molecule has 0 radical (unpaired) electrons. The van der Waals surface area contributed by atoms with Crippen molar-refractivity contribution in [2.45, 2.75) is 77.3 Å². The van der Waals surface area contributed by atoms with Crippen LogP contribution in [0.4, 0.5) is 4.79 Å². The molecule has 302 valence electrons. The zero-order chi connectivity index (χ0) is 40.3. The number of thioether (sulfide) groups is 1. The zero-order valence-electron chi connectivity index (χ0n) is 33.6. The monoisotopic (exact) mass is 793 g/mol. The van der Waals surface area contributed by atoms with Gasteiger partial charge in [-0.15, -0.1) is 11.8 Å². The maximum Gasteiger partial charge on any atom is 0.407 e. The van der Waals surface area contributed by atoms with E-state index in [4.69, 9.17) is 9.47 Å². The molecule has 2 aromatic carbocycles. The Hall–Kier alpha value is -5.06. The average Bonchev–Trinajstić information content (AvgIpc) is 4.07. The van der Waals surface area contributed by atoms with Crippen LogP contribution >= 0.6 is 11.8 Å². The molecule has 3 amide bonds. The van der Waals surface area contributed by atoms with Crippen LogP contribution in [-0.2, 0) is 19.1 Å². The lowest BCUT2D eigenvalue weighted by Crippen LogP contribution is -2.51. The van der Waals surface area contributed by atoms with E-state index < -0.39 is 12.1 Å². The van der Waals surface area contributed by atoms with E-state index in [1.54, 1.807) is 18.7 Å². The predicted octanol–water partition coefficient (Wildman–Crippen LogP) is 7.27. The van der Waals surface area contributed by atoms with E-state index in [1.165, 1.54) is 7.11 Å². The summed E-state index contributed by atoms with van der Waals surface area (Å²) >= 11 is 1.96. The van der Waals surface area contributed by atoms with Gasteiger partial charge in [0.1, 0.15) is 11.9 Å². The normalized spacial score (nSPS) is 18.8. The molecule has 57 heavy (non-hydrogen) atoms. The van der Waals surface area contributed by atoms with Gasteiger partial charge in [-0.05, 0) is 78.8 Å². The highest BCUT2D eigenvalue weighted by Gasteiger charge is 2.38.